The lowest BCUT2D eigenvalue weighted by Crippen LogP contribution is -2.34. The van der Waals surface area contributed by atoms with Crippen LogP contribution in [0.2, 0.25) is 0 Å². The first-order valence-electron chi connectivity index (χ1n) is 9.53. The van der Waals surface area contributed by atoms with Gasteiger partial charge >= 0.3 is 0 Å². The molecular formula is C20H29ClN4O4. The average Bonchev–Trinajstić information content (AvgIpc) is 3.24. The van der Waals surface area contributed by atoms with Gasteiger partial charge in [0.1, 0.15) is 17.2 Å². The van der Waals surface area contributed by atoms with Crippen molar-refractivity contribution in [3.63, 3.8) is 0 Å². The fourth-order valence-electron chi connectivity index (χ4n) is 3.44. The smallest absolute Gasteiger partial charge is 0.274 e. The van der Waals surface area contributed by atoms with Crippen LogP contribution in [0.5, 0.6) is 11.5 Å². The van der Waals surface area contributed by atoms with Gasteiger partial charge in [-0.15, -0.1) is 12.4 Å². The van der Waals surface area contributed by atoms with E-state index in [2.05, 4.69) is 10.4 Å². The van der Waals surface area contributed by atoms with Gasteiger partial charge in [-0.2, -0.15) is 5.10 Å². The van der Waals surface area contributed by atoms with E-state index in [4.69, 9.17) is 9.47 Å². The van der Waals surface area contributed by atoms with E-state index in [0.717, 1.165) is 31.5 Å². The van der Waals surface area contributed by atoms with E-state index in [9.17, 15) is 9.90 Å². The Balaban J connectivity index is 0.00000300. The minimum atomic E-state index is -0.213. The fraction of sp³-hybridized carbons (Fsp3) is 0.500. The third kappa shape index (κ3) is 5.62. The van der Waals surface area contributed by atoms with Crippen molar-refractivity contribution in [1.82, 2.24) is 20.0 Å². The highest BCUT2D eigenvalue weighted by atomic mass is 35.5. The predicted octanol–water partition coefficient (Wildman–Crippen LogP) is 1.88. The molecule has 0 saturated carbocycles. The number of hydrogen-bond acceptors (Lipinski definition) is 6. The summed E-state index contributed by atoms with van der Waals surface area (Å²) in [5, 5.41) is 17.3. The number of carbonyl (C=O) groups is 1. The molecule has 1 unspecified atom stereocenters. The number of methoxy groups -OCH3 is 2. The summed E-state index contributed by atoms with van der Waals surface area (Å²) in [6.07, 6.45) is 4.00. The number of piperidine rings is 1. The maximum Gasteiger partial charge on any atom is 0.274 e. The first-order chi connectivity index (χ1) is 13.7. The number of halogens is 1. The Morgan fingerprint density at radius 1 is 1.34 bits per heavy atom. The number of rotatable bonds is 8. The van der Waals surface area contributed by atoms with E-state index < -0.39 is 0 Å². The highest BCUT2D eigenvalue weighted by Gasteiger charge is 2.22. The molecule has 8 nitrogen and oxygen atoms in total. The van der Waals surface area contributed by atoms with Crippen LogP contribution >= 0.6 is 12.4 Å². The van der Waals surface area contributed by atoms with Crippen molar-refractivity contribution in [2.75, 3.05) is 40.5 Å². The van der Waals surface area contributed by atoms with Crippen LogP contribution < -0.4 is 14.8 Å². The molecule has 29 heavy (non-hydrogen) atoms. The van der Waals surface area contributed by atoms with Crippen molar-refractivity contribution in [2.24, 2.45) is 0 Å². The molecule has 160 valence electrons. The topological polar surface area (TPSA) is 88.9 Å². The summed E-state index contributed by atoms with van der Waals surface area (Å²) in [7, 11) is 3.17. The fourth-order valence-corrected chi connectivity index (χ4v) is 3.44. The highest BCUT2D eigenvalue weighted by Crippen LogP contribution is 2.26. The molecular weight excluding hydrogens is 396 g/mol. The van der Waals surface area contributed by atoms with Crippen LogP contribution in [0.25, 0.3) is 0 Å². The molecule has 1 fully saturated rings. The Bertz CT molecular complexity index is 793. The molecule has 2 N–H and O–H groups in total. The number of aliphatic hydroxyl groups excluding tert-OH is 1. The summed E-state index contributed by atoms with van der Waals surface area (Å²) in [4.78, 5) is 14.6. The zero-order valence-corrected chi connectivity index (χ0v) is 17.7. The van der Waals surface area contributed by atoms with Gasteiger partial charge in [0.05, 0.1) is 26.9 Å². The third-order valence-corrected chi connectivity index (χ3v) is 4.99. The molecule has 1 aromatic carbocycles. The number of hydrogen-bond donors (Lipinski definition) is 2. The van der Waals surface area contributed by atoms with Crippen LogP contribution in [0.3, 0.4) is 0 Å². The summed E-state index contributed by atoms with van der Waals surface area (Å²) < 4.78 is 12.5. The van der Waals surface area contributed by atoms with E-state index in [1.165, 1.54) is 0 Å². The molecule has 2 aromatic rings. The molecule has 1 aromatic heterocycles. The summed E-state index contributed by atoms with van der Waals surface area (Å²) in [6, 6.07) is 7.48. The van der Waals surface area contributed by atoms with Crippen LogP contribution in [0.4, 0.5) is 0 Å². The summed E-state index contributed by atoms with van der Waals surface area (Å²) in [6.45, 7) is 2.28. The molecule has 0 spiro atoms. The molecule has 1 aliphatic rings. The molecule has 1 saturated heterocycles. The molecule has 1 amide bonds. The van der Waals surface area contributed by atoms with Crippen LogP contribution in [0, 0.1) is 0 Å². The highest BCUT2D eigenvalue weighted by molar-refractivity contribution is 5.92. The monoisotopic (exact) mass is 424 g/mol. The second-order valence-electron chi connectivity index (χ2n) is 6.81. The minimum Gasteiger partial charge on any atom is -0.497 e. The first-order valence-corrected chi connectivity index (χ1v) is 9.53. The maximum atomic E-state index is 13.0. The van der Waals surface area contributed by atoms with Gasteiger partial charge in [-0.25, -0.2) is 0 Å². The van der Waals surface area contributed by atoms with E-state index in [1.54, 1.807) is 31.3 Å². The Morgan fingerprint density at radius 2 is 2.17 bits per heavy atom. The Hall–Kier alpha value is -2.29. The number of carbonyl (C=O) groups excluding carboxylic acids is 1. The molecule has 0 aliphatic carbocycles. The van der Waals surface area contributed by atoms with Crippen molar-refractivity contribution in [1.29, 1.82) is 0 Å². The van der Waals surface area contributed by atoms with Crippen molar-refractivity contribution < 1.29 is 19.4 Å². The van der Waals surface area contributed by atoms with Crippen molar-refractivity contribution in [3.8, 4) is 11.5 Å². The third-order valence-electron chi connectivity index (χ3n) is 4.99. The van der Waals surface area contributed by atoms with Gasteiger partial charge in [-0.3, -0.25) is 9.48 Å². The number of ether oxygens (including phenoxy) is 2. The normalized spacial score (nSPS) is 16.0. The molecule has 9 heteroatoms. The van der Waals surface area contributed by atoms with Crippen LogP contribution in [-0.4, -0.2) is 66.2 Å². The van der Waals surface area contributed by atoms with E-state index in [1.807, 2.05) is 23.0 Å². The maximum absolute atomic E-state index is 13.0. The summed E-state index contributed by atoms with van der Waals surface area (Å²) in [5.41, 5.74) is 1.22. The van der Waals surface area contributed by atoms with Crippen molar-refractivity contribution in [2.45, 2.75) is 25.4 Å². The lowest BCUT2D eigenvalue weighted by atomic mass is 10.1. The van der Waals surface area contributed by atoms with E-state index in [-0.39, 0.29) is 37.5 Å². The zero-order chi connectivity index (χ0) is 19.9. The van der Waals surface area contributed by atoms with Gasteiger partial charge in [0.25, 0.3) is 5.91 Å². The lowest BCUT2D eigenvalue weighted by molar-refractivity contribution is 0.0699. The minimum absolute atomic E-state index is 0. The molecule has 3 rings (SSSR count). The van der Waals surface area contributed by atoms with E-state index >= 15 is 0 Å². The van der Waals surface area contributed by atoms with Crippen LogP contribution in [-0.2, 0) is 6.54 Å². The SMILES string of the molecule is COc1ccc(CN(CCO)C(=O)c2ccn(C3CCCNC3)n2)c(OC)c1.Cl. The van der Waals surface area contributed by atoms with Crippen molar-refractivity contribution in [3.05, 3.63) is 41.7 Å². The van der Waals surface area contributed by atoms with Crippen LogP contribution in [0.1, 0.15) is 34.9 Å². The molecule has 1 atom stereocenters. The average molecular weight is 425 g/mol. The number of nitrogens with zero attached hydrogens (tertiary/aromatic N) is 3. The molecule has 2 heterocycles. The van der Waals surface area contributed by atoms with Crippen molar-refractivity contribution >= 4 is 18.3 Å². The Kier molecular flexibility index (Phi) is 8.75. The molecule has 1 aliphatic heterocycles. The largest absolute Gasteiger partial charge is 0.497 e. The number of nitrogens with one attached hydrogen (secondary N) is 1. The Labute approximate surface area is 177 Å². The predicted molar refractivity (Wildman–Crippen MR) is 112 cm³/mol. The van der Waals surface area contributed by atoms with Gasteiger partial charge in [0, 0.05) is 37.5 Å². The lowest BCUT2D eigenvalue weighted by Gasteiger charge is -2.24. The second-order valence-corrected chi connectivity index (χ2v) is 6.81. The summed E-state index contributed by atoms with van der Waals surface area (Å²) in [5.74, 6) is 1.10. The number of amides is 1. The second kappa shape index (κ2) is 11.0. The number of benzene rings is 1. The van der Waals surface area contributed by atoms with Gasteiger partial charge in [-0.1, -0.05) is 0 Å². The first kappa shape index (κ1) is 23.0. The number of aliphatic hydroxyl groups is 1. The molecule has 0 bridgehead atoms. The quantitative estimate of drug-likeness (QED) is 0.672. The molecule has 0 radical (unpaired) electrons. The zero-order valence-electron chi connectivity index (χ0n) is 16.8. The van der Waals surface area contributed by atoms with Gasteiger partial charge in [-0.05, 0) is 37.6 Å². The summed E-state index contributed by atoms with van der Waals surface area (Å²) >= 11 is 0. The standard InChI is InChI=1S/C20H28N4O4.ClH/c1-27-17-6-5-15(19(12-17)28-2)14-23(10-11-25)20(26)18-7-9-24(22-18)16-4-3-8-21-13-16;/h5-7,9,12,16,21,25H,3-4,8,10-11,13-14H2,1-2H3;1H. The van der Waals surface area contributed by atoms with Gasteiger partial charge in [0.15, 0.2) is 0 Å². The number of aromatic nitrogens is 2. The van der Waals surface area contributed by atoms with Gasteiger partial charge < -0.3 is 24.8 Å². The Morgan fingerprint density at radius 3 is 2.83 bits per heavy atom. The van der Waals surface area contributed by atoms with Gasteiger partial charge in [0.2, 0.25) is 0 Å². The van der Waals surface area contributed by atoms with E-state index in [0.29, 0.717) is 23.7 Å². The van der Waals surface area contributed by atoms with Crippen LogP contribution in [0.15, 0.2) is 30.5 Å².